The van der Waals surface area contributed by atoms with Crippen LogP contribution >= 0.6 is 0 Å². The fourth-order valence-corrected chi connectivity index (χ4v) is 18.1. The Morgan fingerprint density at radius 3 is 0.614 bits per heavy atom. The quantitative estimate of drug-likeness (QED) is 0.0161. The minimum absolute atomic E-state index is 0.356. The number of fused-ring (bicyclic) bond motifs is 8. The summed E-state index contributed by atoms with van der Waals surface area (Å²) in [5.74, 6) is -1.44. The lowest BCUT2D eigenvalue weighted by atomic mass is 10.0. The first-order valence-electron chi connectivity index (χ1n) is 50.3. The molecule has 9 heterocycles. The first-order chi connectivity index (χ1) is 65.2. The molecule has 2 aliphatic rings. The molecule has 8 bridgehead atoms. The third kappa shape index (κ3) is 32.2. The second kappa shape index (κ2) is 56.0. The molecule has 7 aromatic heterocycles. The largest absolute Gasteiger partial charge is 0.462 e. The van der Waals surface area contributed by atoms with Crippen molar-refractivity contribution in [2.24, 2.45) is 0 Å². The zero-order chi connectivity index (χ0) is 90.9. The number of esters is 4. The van der Waals surface area contributed by atoms with Crippen molar-refractivity contribution in [2.75, 3.05) is 26.4 Å². The minimum atomic E-state index is -0.365. The molecule has 11 aromatic rings. The van der Waals surface area contributed by atoms with E-state index in [1.807, 2.05) is 121 Å². The van der Waals surface area contributed by atoms with Gasteiger partial charge in [0.2, 0.25) is 0 Å². The minimum Gasteiger partial charge on any atom is -0.462 e. The standard InChI is InChI=1S/C116H141N8O8/c125-113(129-89-49-29-21-13-5-1-9-17-25-37-77-121-81-41-33-42-82-121)97-61-53-93(54-62-97)109-101-69-71-103(117-101)110(94-55-63-98(64-56-94)114(126)130-90-50-30-22-14-6-2-10-18-26-38-78-122-83-43-34-44-84-122)105-73-75-107(119-105)112(96-59-67-100(68-60-96)116(128)132-92-52-32-24-16-8-4-12-20-28-40-80-124-87-47-36-48-88-124)108-76-74-106(120-108)111(104-72-70-102(109)118-104)95-57-65-99(66-58-95)115(127)131-91-51-31-23-15-7-3-11-19-27-39-79-123-85-45-35-46-86-123/h33-36,41-48,53-76,81-88H,1-32,37-40,49-52,77-80,89-92H2,(H-,117,118,119,120,125,126,127,128)/q+3/p+1. The van der Waals surface area contributed by atoms with E-state index in [2.05, 4.69) is 175 Å². The first-order valence-corrected chi connectivity index (χ1v) is 50.3. The maximum absolute atomic E-state index is 13.9. The Kier molecular flexibility index (Phi) is 41.3. The van der Waals surface area contributed by atoms with E-state index >= 15 is 0 Å². The van der Waals surface area contributed by atoms with E-state index in [4.69, 9.17) is 28.9 Å². The SMILES string of the molecule is O=C(OCCCCCCCCCCCC[n+]1ccccc1)c1ccc(-c2c3nc(c(-c4ccc(C(=O)OCCCCCCCCCCCC[n+]5ccccc5)cc4)c4ccc([nH]4)c(-c4ccc(C(=O)OCCCCCCCCCCCC[n+]5ccccc5)cc4)c4ccc([nH]4)c(-c4ccc(C(=O)OCCCCCCCCCCCC[n+]5ccccc5)cc4)c4nc2C=C4)C=C3)cc1. The number of aryl methyl sites for hydroxylation is 4. The Balaban J connectivity index is 0.727. The number of rotatable bonds is 60. The number of hydrogen-bond acceptors (Lipinski definition) is 10. The number of carbonyl (C=O) groups excluding carboxylic acids is 4. The van der Waals surface area contributed by atoms with E-state index in [1.165, 1.54) is 180 Å². The lowest BCUT2D eigenvalue weighted by Crippen LogP contribution is -2.32. The maximum Gasteiger partial charge on any atom is 0.338 e. The van der Waals surface area contributed by atoms with E-state index in [1.54, 1.807) is 0 Å². The number of H-pyrrole nitrogens is 2. The fourth-order valence-electron chi connectivity index (χ4n) is 18.1. The molecular weight excluding hydrogens is 1630 g/mol. The summed E-state index contributed by atoms with van der Waals surface area (Å²) in [7, 11) is 0. The average Bonchev–Trinajstić information content (AvgIpc) is 1.61. The van der Waals surface area contributed by atoms with Gasteiger partial charge in [-0.15, -0.1) is 0 Å². The number of aromatic nitrogens is 8. The molecular formula is C116H142N8O8+4. The van der Waals surface area contributed by atoms with Gasteiger partial charge in [0.15, 0.2) is 49.6 Å². The van der Waals surface area contributed by atoms with Crippen LogP contribution in [0, 0.1) is 0 Å². The van der Waals surface area contributed by atoms with Crippen molar-refractivity contribution < 1.29 is 56.4 Å². The highest BCUT2D eigenvalue weighted by Crippen LogP contribution is 2.40. The number of pyridine rings is 4. The summed E-state index contributed by atoms with van der Waals surface area (Å²) in [5, 5.41) is 0. The molecule has 690 valence electrons. The highest BCUT2D eigenvalue weighted by atomic mass is 16.5. The fraction of sp³-hybridized carbons (Fsp3) is 0.414. The zero-order valence-electron chi connectivity index (χ0n) is 78.3. The summed E-state index contributed by atoms with van der Waals surface area (Å²) in [6.07, 6.45) is 71.8. The Bertz CT molecular complexity index is 5300. The third-order valence-corrected chi connectivity index (χ3v) is 25.7. The molecule has 132 heavy (non-hydrogen) atoms. The predicted octanol–water partition coefficient (Wildman–Crippen LogP) is 27.5. The van der Waals surface area contributed by atoms with Crippen LogP contribution in [0.5, 0.6) is 0 Å². The van der Waals surface area contributed by atoms with E-state index in [0.717, 1.165) is 170 Å². The van der Waals surface area contributed by atoms with Crippen LogP contribution in [0.25, 0.3) is 90.9 Å². The smallest absolute Gasteiger partial charge is 0.338 e. The van der Waals surface area contributed by atoms with Gasteiger partial charge in [-0.25, -0.2) is 47.4 Å². The van der Waals surface area contributed by atoms with Gasteiger partial charge >= 0.3 is 23.9 Å². The molecule has 0 atom stereocenters. The Morgan fingerprint density at radius 1 is 0.205 bits per heavy atom. The maximum atomic E-state index is 13.9. The molecule has 0 radical (unpaired) electrons. The van der Waals surface area contributed by atoms with Gasteiger partial charge in [0.1, 0.15) is 26.2 Å². The summed E-state index contributed by atoms with van der Waals surface area (Å²) < 4.78 is 32.8. The monoisotopic (exact) mass is 1780 g/mol. The van der Waals surface area contributed by atoms with Crippen LogP contribution in [0.3, 0.4) is 0 Å². The summed E-state index contributed by atoms with van der Waals surface area (Å²) in [6, 6.07) is 63.7. The molecule has 0 amide bonds. The molecule has 2 aliphatic heterocycles. The number of hydrogen-bond donors (Lipinski definition) is 2. The number of unbranched alkanes of at least 4 members (excludes halogenated alkanes) is 36. The van der Waals surface area contributed by atoms with Crippen LogP contribution in [0.4, 0.5) is 0 Å². The molecule has 16 nitrogen and oxygen atoms in total. The van der Waals surface area contributed by atoms with Gasteiger partial charge in [-0.05, 0) is 171 Å². The molecule has 0 fully saturated rings. The lowest BCUT2D eigenvalue weighted by molar-refractivity contribution is -0.697. The van der Waals surface area contributed by atoms with Gasteiger partial charge in [0, 0.05) is 119 Å². The molecule has 4 aromatic carbocycles. The second-order valence-electron chi connectivity index (χ2n) is 36.0. The molecule has 0 saturated carbocycles. The van der Waals surface area contributed by atoms with E-state index in [0.29, 0.717) is 71.5 Å². The third-order valence-electron chi connectivity index (χ3n) is 25.7. The van der Waals surface area contributed by atoms with Crippen molar-refractivity contribution in [1.29, 1.82) is 0 Å². The number of nitrogens with zero attached hydrogens (tertiary/aromatic N) is 6. The topological polar surface area (TPSA) is 178 Å². The highest BCUT2D eigenvalue weighted by Gasteiger charge is 2.23. The van der Waals surface area contributed by atoms with Crippen LogP contribution in [0.1, 0.15) is 321 Å². The van der Waals surface area contributed by atoms with Crippen LogP contribution in [-0.4, -0.2) is 70.2 Å². The molecule has 2 N–H and O–H groups in total. The second-order valence-corrected chi connectivity index (χ2v) is 36.0. The highest BCUT2D eigenvalue weighted by molar-refractivity contribution is 6.02. The van der Waals surface area contributed by atoms with Crippen molar-refractivity contribution in [3.63, 3.8) is 0 Å². The Labute approximate surface area is 784 Å². The summed E-state index contributed by atoms with van der Waals surface area (Å²) >= 11 is 0. The van der Waals surface area contributed by atoms with Crippen molar-refractivity contribution >= 4 is 70.2 Å². The van der Waals surface area contributed by atoms with Crippen molar-refractivity contribution in [3.05, 3.63) is 289 Å². The van der Waals surface area contributed by atoms with Crippen LogP contribution in [0.15, 0.2) is 244 Å². The summed E-state index contributed by atoms with van der Waals surface area (Å²) in [5.41, 5.74) is 14.0. The van der Waals surface area contributed by atoms with Crippen molar-refractivity contribution in [2.45, 2.75) is 283 Å². The molecule has 0 saturated heterocycles. The van der Waals surface area contributed by atoms with E-state index in [9.17, 15) is 19.2 Å². The molecule has 0 spiro atoms. The molecule has 16 heteroatoms. The van der Waals surface area contributed by atoms with Crippen LogP contribution < -0.4 is 18.3 Å². The van der Waals surface area contributed by atoms with Gasteiger partial charge in [0.25, 0.3) is 0 Å². The number of nitrogens with one attached hydrogen (secondary N) is 2. The predicted molar refractivity (Wildman–Crippen MR) is 533 cm³/mol. The number of benzene rings is 4. The first kappa shape index (κ1) is 97.5. The van der Waals surface area contributed by atoms with Gasteiger partial charge in [0.05, 0.1) is 71.5 Å². The van der Waals surface area contributed by atoms with Crippen molar-refractivity contribution in [3.8, 4) is 44.5 Å². The van der Waals surface area contributed by atoms with E-state index in [-0.39, 0.29) is 23.9 Å². The van der Waals surface area contributed by atoms with Crippen LogP contribution in [-0.2, 0) is 45.1 Å². The normalized spacial score (nSPS) is 11.6. The van der Waals surface area contributed by atoms with Gasteiger partial charge in [-0.2, -0.15) is 0 Å². The lowest BCUT2D eigenvalue weighted by Gasteiger charge is -2.09. The Hall–Kier alpha value is -12.0. The number of ether oxygens (including phenoxy) is 4. The van der Waals surface area contributed by atoms with Gasteiger partial charge < -0.3 is 28.9 Å². The van der Waals surface area contributed by atoms with E-state index < -0.39 is 0 Å². The van der Waals surface area contributed by atoms with Gasteiger partial charge in [-0.3, -0.25) is 0 Å². The van der Waals surface area contributed by atoms with Gasteiger partial charge in [-0.1, -0.05) is 253 Å². The summed E-state index contributed by atoms with van der Waals surface area (Å²) in [4.78, 5) is 74.4. The zero-order valence-corrected chi connectivity index (χ0v) is 78.3. The van der Waals surface area contributed by atoms with Crippen LogP contribution in [0.2, 0.25) is 0 Å². The Morgan fingerprint density at radius 2 is 0.386 bits per heavy atom. The number of carbonyl (C=O) groups is 4. The average molecular weight is 1780 g/mol. The summed E-state index contributed by atoms with van der Waals surface area (Å²) in [6.45, 7) is 5.74. The van der Waals surface area contributed by atoms with Crippen molar-refractivity contribution in [1.82, 2.24) is 19.9 Å². The molecule has 0 aliphatic carbocycles. The number of aromatic amines is 2. The molecule has 0 unspecified atom stereocenters. The molecule has 13 rings (SSSR count).